The average Bonchev–Trinajstić information content (AvgIpc) is 3.31. The molecule has 0 aromatic carbocycles. The summed E-state index contributed by atoms with van der Waals surface area (Å²) in [5, 5.41) is 7.63. The molecule has 9 nitrogen and oxygen atoms in total. The number of likely N-dealkylation sites (tertiary alicyclic amines) is 1. The lowest BCUT2D eigenvalue weighted by Gasteiger charge is -2.32. The highest BCUT2D eigenvalue weighted by molar-refractivity contribution is 5.90. The van der Waals surface area contributed by atoms with Crippen LogP contribution in [-0.2, 0) is 33.7 Å². The van der Waals surface area contributed by atoms with Gasteiger partial charge in [0.15, 0.2) is 0 Å². The number of hydrogen-bond acceptors (Lipinski definition) is 5. The van der Waals surface area contributed by atoms with Crippen molar-refractivity contribution in [2.24, 2.45) is 5.92 Å². The van der Waals surface area contributed by atoms with Crippen molar-refractivity contribution in [2.45, 2.75) is 80.2 Å². The van der Waals surface area contributed by atoms with E-state index in [4.69, 9.17) is 4.74 Å². The molecule has 1 aliphatic heterocycles. The van der Waals surface area contributed by atoms with E-state index in [-0.39, 0.29) is 23.7 Å². The number of rotatable bonds is 10. The van der Waals surface area contributed by atoms with Gasteiger partial charge in [0.1, 0.15) is 5.69 Å². The minimum absolute atomic E-state index is 0.0158. The van der Waals surface area contributed by atoms with Crippen molar-refractivity contribution in [1.29, 1.82) is 0 Å². The van der Waals surface area contributed by atoms with Crippen molar-refractivity contribution in [3.8, 4) is 0 Å². The molecular formula is C27H41N5O4. The van der Waals surface area contributed by atoms with Gasteiger partial charge in [0.25, 0.3) is 0 Å². The number of aromatic amines is 1. The summed E-state index contributed by atoms with van der Waals surface area (Å²) in [6.07, 6.45) is 3.25. The second-order valence-electron chi connectivity index (χ2n) is 9.63. The van der Waals surface area contributed by atoms with Crippen LogP contribution in [0, 0.1) is 33.6 Å². The lowest BCUT2D eigenvalue weighted by atomic mass is 9.96. The lowest BCUT2D eigenvalue weighted by Crippen LogP contribution is -2.45. The number of amides is 2. The Morgan fingerprint density at radius 1 is 1.11 bits per heavy atom. The van der Waals surface area contributed by atoms with Gasteiger partial charge < -0.3 is 19.9 Å². The van der Waals surface area contributed by atoms with Gasteiger partial charge in [0, 0.05) is 44.0 Å². The van der Waals surface area contributed by atoms with Crippen LogP contribution in [0.15, 0.2) is 0 Å². The van der Waals surface area contributed by atoms with Crippen molar-refractivity contribution in [3.05, 3.63) is 39.5 Å². The summed E-state index contributed by atoms with van der Waals surface area (Å²) in [7, 11) is 0. The standard InChI is InChI=1S/C27H41N5O4/c1-7-32-20(6)23(19(5)30-32)13-14-28-26(34)21-10-9-15-31(16-21)24(33)12-11-22-17(3)25(29-18(22)4)27(35)36-8-2/h21,29H,7-16H2,1-6H3,(H,28,34)/t21-/m1/s1. The predicted molar refractivity (Wildman–Crippen MR) is 138 cm³/mol. The van der Waals surface area contributed by atoms with Crippen LogP contribution < -0.4 is 5.32 Å². The molecule has 1 saturated heterocycles. The molecule has 1 aliphatic rings. The molecule has 2 N–H and O–H groups in total. The van der Waals surface area contributed by atoms with Gasteiger partial charge in [-0.15, -0.1) is 0 Å². The van der Waals surface area contributed by atoms with Crippen molar-refractivity contribution < 1.29 is 19.1 Å². The van der Waals surface area contributed by atoms with Crippen molar-refractivity contribution >= 4 is 17.8 Å². The molecule has 2 amide bonds. The largest absolute Gasteiger partial charge is 0.461 e. The van der Waals surface area contributed by atoms with E-state index < -0.39 is 0 Å². The molecule has 3 heterocycles. The summed E-state index contributed by atoms with van der Waals surface area (Å²) in [6, 6.07) is 0. The van der Waals surface area contributed by atoms with E-state index in [1.165, 1.54) is 5.56 Å². The number of carbonyl (C=O) groups excluding carboxylic acids is 3. The quantitative estimate of drug-likeness (QED) is 0.488. The van der Waals surface area contributed by atoms with E-state index in [0.717, 1.165) is 54.0 Å². The van der Waals surface area contributed by atoms with Crippen LogP contribution >= 0.6 is 0 Å². The van der Waals surface area contributed by atoms with E-state index >= 15 is 0 Å². The van der Waals surface area contributed by atoms with Crippen LogP contribution in [0.3, 0.4) is 0 Å². The van der Waals surface area contributed by atoms with Gasteiger partial charge >= 0.3 is 5.97 Å². The third-order valence-electron chi connectivity index (χ3n) is 7.31. The van der Waals surface area contributed by atoms with E-state index in [1.807, 2.05) is 30.4 Å². The maximum Gasteiger partial charge on any atom is 0.355 e. The van der Waals surface area contributed by atoms with Gasteiger partial charge in [-0.3, -0.25) is 14.3 Å². The molecule has 1 fully saturated rings. The van der Waals surface area contributed by atoms with Gasteiger partial charge in [-0.1, -0.05) is 0 Å². The second kappa shape index (κ2) is 12.2. The highest BCUT2D eigenvalue weighted by Gasteiger charge is 2.28. The maximum atomic E-state index is 13.0. The molecule has 0 unspecified atom stereocenters. The van der Waals surface area contributed by atoms with Gasteiger partial charge in [-0.05, 0) is 83.9 Å². The molecule has 36 heavy (non-hydrogen) atoms. The second-order valence-corrected chi connectivity index (χ2v) is 9.63. The summed E-state index contributed by atoms with van der Waals surface area (Å²) in [6.45, 7) is 14.6. The molecule has 0 saturated carbocycles. The Hall–Kier alpha value is -3.10. The summed E-state index contributed by atoms with van der Waals surface area (Å²) in [5.41, 5.74) is 6.52. The molecule has 1 atom stereocenters. The summed E-state index contributed by atoms with van der Waals surface area (Å²) in [4.78, 5) is 42.9. The summed E-state index contributed by atoms with van der Waals surface area (Å²) >= 11 is 0. The molecule has 0 radical (unpaired) electrons. The first kappa shape index (κ1) is 27.5. The van der Waals surface area contributed by atoms with Gasteiger partial charge in [-0.2, -0.15) is 5.10 Å². The number of nitrogens with zero attached hydrogens (tertiary/aromatic N) is 3. The van der Waals surface area contributed by atoms with Crippen LogP contribution in [0.2, 0.25) is 0 Å². The number of esters is 1. The minimum atomic E-state index is -0.370. The lowest BCUT2D eigenvalue weighted by molar-refractivity contribution is -0.135. The number of hydrogen-bond donors (Lipinski definition) is 2. The number of nitrogens with one attached hydrogen (secondary N) is 2. The molecule has 0 aliphatic carbocycles. The number of carbonyl (C=O) groups is 3. The minimum Gasteiger partial charge on any atom is -0.461 e. The number of piperidine rings is 1. The maximum absolute atomic E-state index is 13.0. The molecule has 2 aromatic rings. The van der Waals surface area contributed by atoms with Crippen LogP contribution in [-0.4, -0.2) is 63.7 Å². The fraction of sp³-hybridized carbons (Fsp3) is 0.630. The summed E-state index contributed by atoms with van der Waals surface area (Å²) in [5.74, 6) is -0.495. The van der Waals surface area contributed by atoms with E-state index in [0.29, 0.717) is 44.8 Å². The predicted octanol–water partition coefficient (Wildman–Crippen LogP) is 3.17. The van der Waals surface area contributed by atoms with Crippen LogP contribution in [0.25, 0.3) is 0 Å². The number of ether oxygens (including phenoxy) is 1. The summed E-state index contributed by atoms with van der Waals surface area (Å²) < 4.78 is 7.11. The zero-order chi connectivity index (χ0) is 26.4. The van der Waals surface area contributed by atoms with Crippen molar-refractivity contribution in [3.63, 3.8) is 0 Å². The van der Waals surface area contributed by atoms with Gasteiger partial charge in [0.05, 0.1) is 18.2 Å². The highest BCUT2D eigenvalue weighted by atomic mass is 16.5. The highest BCUT2D eigenvalue weighted by Crippen LogP contribution is 2.22. The molecule has 0 bridgehead atoms. The van der Waals surface area contributed by atoms with Crippen LogP contribution in [0.5, 0.6) is 0 Å². The Kier molecular flexibility index (Phi) is 9.34. The first-order valence-electron chi connectivity index (χ1n) is 13.1. The Labute approximate surface area is 214 Å². The molecule has 9 heteroatoms. The van der Waals surface area contributed by atoms with E-state index in [2.05, 4.69) is 29.2 Å². The average molecular weight is 500 g/mol. The number of H-pyrrole nitrogens is 1. The molecular weight excluding hydrogens is 458 g/mol. The zero-order valence-corrected chi connectivity index (χ0v) is 22.6. The van der Waals surface area contributed by atoms with Gasteiger partial charge in [-0.25, -0.2) is 4.79 Å². The smallest absolute Gasteiger partial charge is 0.355 e. The normalized spacial score (nSPS) is 15.7. The third kappa shape index (κ3) is 6.17. The Morgan fingerprint density at radius 2 is 1.86 bits per heavy atom. The monoisotopic (exact) mass is 499 g/mol. The zero-order valence-electron chi connectivity index (χ0n) is 22.6. The topological polar surface area (TPSA) is 109 Å². The molecule has 0 spiro atoms. The number of aromatic nitrogens is 3. The van der Waals surface area contributed by atoms with E-state index in [9.17, 15) is 14.4 Å². The SMILES string of the molecule is CCOC(=O)c1[nH]c(C)c(CCC(=O)N2CCC[C@@H](C(=O)NCCc3c(C)nn(CC)c3C)C2)c1C. The Bertz CT molecular complexity index is 1100. The number of aryl methyl sites for hydroxylation is 3. The third-order valence-corrected chi connectivity index (χ3v) is 7.31. The van der Waals surface area contributed by atoms with Crippen molar-refractivity contribution in [1.82, 2.24) is 25.0 Å². The van der Waals surface area contributed by atoms with Crippen LogP contribution in [0.4, 0.5) is 0 Å². The Morgan fingerprint density at radius 3 is 2.53 bits per heavy atom. The fourth-order valence-electron chi connectivity index (χ4n) is 5.24. The van der Waals surface area contributed by atoms with Crippen molar-refractivity contribution in [2.75, 3.05) is 26.2 Å². The Balaban J connectivity index is 1.51. The van der Waals surface area contributed by atoms with Crippen LogP contribution in [0.1, 0.15) is 77.4 Å². The molecule has 198 valence electrons. The molecule has 2 aromatic heterocycles. The first-order valence-corrected chi connectivity index (χ1v) is 13.1. The fourth-order valence-corrected chi connectivity index (χ4v) is 5.24. The van der Waals surface area contributed by atoms with Gasteiger partial charge in [0.2, 0.25) is 11.8 Å². The van der Waals surface area contributed by atoms with E-state index in [1.54, 1.807) is 6.92 Å². The molecule has 3 rings (SSSR count). The first-order chi connectivity index (χ1) is 17.2.